The molecule has 1 heterocycles. The van der Waals surface area contributed by atoms with Crippen molar-refractivity contribution >= 4 is 23.0 Å². The normalized spacial score (nSPS) is 17.7. The molecular formula is C17H17ClFN3. The topological polar surface area (TPSA) is 41.6 Å². The molecule has 0 aromatic heterocycles. The fraction of sp³-hybridized carbons (Fsp3) is 0.235. The summed E-state index contributed by atoms with van der Waals surface area (Å²) in [5, 5.41) is 7.30. The van der Waals surface area contributed by atoms with Gasteiger partial charge in [-0.25, -0.2) is 4.39 Å². The zero-order chi connectivity index (χ0) is 15.5. The SMILES string of the molecule is NCCC1=NN(c2cccc(Cl)c2)C(c2ccc(F)cc2)C1. The lowest BCUT2D eigenvalue weighted by Crippen LogP contribution is -2.18. The highest BCUT2D eigenvalue weighted by Gasteiger charge is 2.28. The van der Waals surface area contributed by atoms with Crippen LogP contribution in [0.15, 0.2) is 53.6 Å². The van der Waals surface area contributed by atoms with Crippen molar-refractivity contribution in [2.24, 2.45) is 10.8 Å². The van der Waals surface area contributed by atoms with Crippen LogP contribution in [0.2, 0.25) is 5.02 Å². The van der Waals surface area contributed by atoms with Crippen molar-refractivity contribution in [3.63, 3.8) is 0 Å². The number of hydrogen-bond acceptors (Lipinski definition) is 3. The Kier molecular flexibility index (Phi) is 4.41. The molecule has 0 aliphatic carbocycles. The second-order valence-electron chi connectivity index (χ2n) is 5.30. The Labute approximate surface area is 134 Å². The number of halogens is 2. The summed E-state index contributed by atoms with van der Waals surface area (Å²) in [5.41, 5.74) is 8.65. The zero-order valence-corrected chi connectivity index (χ0v) is 12.8. The van der Waals surface area contributed by atoms with E-state index in [1.54, 1.807) is 12.1 Å². The average Bonchev–Trinajstić information content (AvgIpc) is 2.92. The Hall–Kier alpha value is -1.91. The third-order valence-electron chi connectivity index (χ3n) is 3.73. The molecule has 0 spiro atoms. The van der Waals surface area contributed by atoms with E-state index >= 15 is 0 Å². The molecule has 1 unspecified atom stereocenters. The Balaban J connectivity index is 1.96. The van der Waals surface area contributed by atoms with Crippen molar-refractivity contribution in [3.05, 3.63) is 64.9 Å². The number of nitrogens with two attached hydrogens (primary N) is 1. The first-order chi connectivity index (χ1) is 10.7. The summed E-state index contributed by atoms with van der Waals surface area (Å²) in [6.45, 7) is 0.568. The Morgan fingerprint density at radius 3 is 2.68 bits per heavy atom. The summed E-state index contributed by atoms with van der Waals surface area (Å²) in [5.74, 6) is -0.237. The summed E-state index contributed by atoms with van der Waals surface area (Å²) in [7, 11) is 0. The van der Waals surface area contributed by atoms with Gasteiger partial charge in [-0.05, 0) is 48.9 Å². The van der Waals surface area contributed by atoms with Crippen molar-refractivity contribution < 1.29 is 4.39 Å². The predicted molar refractivity (Wildman–Crippen MR) is 88.8 cm³/mol. The highest BCUT2D eigenvalue weighted by atomic mass is 35.5. The van der Waals surface area contributed by atoms with E-state index < -0.39 is 0 Å². The first-order valence-electron chi connectivity index (χ1n) is 7.24. The van der Waals surface area contributed by atoms with E-state index in [1.807, 2.05) is 29.3 Å². The molecule has 0 amide bonds. The third kappa shape index (κ3) is 3.13. The van der Waals surface area contributed by atoms with Gasteiger partial charge in [0.25, 0.3) is 0 Å². The van der Waals surface area contributed by atoms with Crippen LogP contribution >= 0.6 is 11.6 Å². The molecule has 0 fully saturated rings. The minimum atomic E-state index is -0.237. The third-order valence-corrected chi connectivity index (χ3v) is 3.97. The first kappa shape index (κ1) is 15.0. The molecule has 5 heteroatoms. The van der Waals surface area contributed by atoms with Crippen LogP contribution in [-0.2, 0) is 0 Å². The van der Waals surface area contributed by atoms with Gasteiger partial charge >= 0.3 is 0 Å². The molecule has 3 rings (SSSR count). The van der Waals surface area contributed by atoms with Crippen LogP contribution in [0.3, 0.4) is 0 Å². The molecule has 3 nitrogen and oxygen atoms in total. The van der Waals surface area contributed by atoms with Crippen molar-refractivity contribution in [1.29, 1.82) is 0 Å². The van der Waals surface area contributed by atoms with E-state index in [9.17, 15) is 4.39 Å². The lowest BCUT2D eigenvalue weighted by molar-refractivity contribution is 0.624. The van der Waals surface area contributed by atoms with Crippen molar-refractivity contribution in [2.45, 2.75) is 18.9 Å². The van der Waals surface area contributed by atoms with Gasteiger partial charge in [0.05, 0.1) is 11.7 Å². The molecule has 2 aromatic carbocycles. The molecule has 0 bridgehead atoms. The summed E-state index contributed by atoms with van der Waals surface area (Å²) in [6.07, 6.45) is 1.55. The van der Waals surface area contributed by atoms with E-state index in [4.69, 9.17) is 17.3 Å². The molecule has 1 aliphatic rings. The summed E-state index contributed by atoms with van der Waals surface area (Å²) >= 11 is 6.09. The number of hydrazone groups is 1. The molecule has 1 atom stereocenters. The van der Waals surface area contributed by atoms with Crippen molar-refractivity contribution in [1.82, 2.24) is 0 Å². The van der Waals surface area contributed by atoms with E-state index in [1.165, 1.54) is 12.1 Å². The maximum absolute atomic E-state index is 13.2. The monoisotopic (exact) mass is 317 g/mol. The number of rotatable bonds is 4. The second-order valence-corrected chi connectivity index (χ2v) is 5.74. The Morgan fingerprint density at radius 1 is 1.23 bits per heavy atom. The number of hydrogen-bond donors (Lipinski definition) is 1. The van der Waals surface area contributed by atoms with E-state index in [0.29, 0.717) is 11.6 Å². The molecular weight excluding hydrogens is 301 g/mol. The molecule has 114 valence electrons. The van der Waals surface area contributed by atoms with Crippen LogP contribution in [0.1, 0.15) is 24.4 Å². The van der Waals surface area contributed by atoms with Crippen LogP contribution in [0, 0.1) is 5.82 Å². The van der Waals surface area contributed by atoms with Gasteiger partial charge in [-0.15, -0.1) is 0 Å². The number of anilines is 1. The van der Waals surface area contributed by atoms with Gasteiger partial charge < -0.3 is 5.73 Å². The zero-order valence-electron chi connectivity index (χ0n) is 12.0. The number of benzene rings is 2. The molecule has 22 heavy (non-hydrogen) atoms. The molecule has 0 radical (unpaired) electrons. The fourth-order valence-electron chi connectivity index (χ4n) is 2.69. The fourth-order valence-corrected chi connectivity index (χ4v) is 2.88. The summed E-state index contributed by atoms with van der Waals surface area (Å²) < 4.78 is 13.2. The van der Waals surface area contributed by atoms with Gasteiger partial charge in [-0.2, -0.15) is 5.10 Å². The quantitative estimate of drug-likeness (QED) is 0.921. The minimum absolute atomic E-state index is 0.0422. The van der Waals surface area contributed by atoms with Gasteiger partial charge in [-0.1, -0.05) is 29.8 Å². The maximum atomic E-state index is 13.2. The number of nitrogens with zero attached hydrogens (tertiary/aromatic N) is 2. The van der Waals surface area contributed by atoms with Gasteiger partial charge in [0, 0.05) is 17.2 Å². The predicted octanol–water partition coefficient (Wildman–Crippen LogP) is 4.14. The van der Waals surface area contributed by atoms with Crippen LogP contribution in [0.25, 0.3) is 0 Å². The molecule has 2 aromatic rings. The molecule has 0 saturated carbocycles. The van der Waals surface area contributed by atoms with E-state index in [0.717, 1.165) is 29.8 Å². The average molecular weight is 318 g/mol. The molecule has 2 N–H and O–H groups in total. The lowest BCUT2D eigenvalue weighted by atomic mass is 10.0. The van der Waals surface area contributed by atoms with Gasteiger partial charge in [0.2, 0.25) is 0 Å². The minimum Gasteiger partial charge on any atom is -0.330 e. The van der Waals surface area contributed by atoms with Gasteiger partial charge in [0.15, 0.2) is 0 Å². The molecule has 1 aliphatic heterocycles. The van der Waals surface area contributed by atoms with Gasteiger partial charge in [0.1, 0.15) is 5.82 Å². The standard InChI is InChI=1S/C17H17ClFN3/c18-13-2-1-3-16(10-13)22-17(11-15(21-22)8-9-20)12-4-6-14(19)7-5-12/h1-7,10,17H,8-9,11,20H2. The van der Waals surface area contributed by atoms with Crippen LogP contribution in [0.4, 0.5) is 10.1 Å². The highest BCUT2D eigenvalue weighted by Crippen LogP contribution is 2.36. The largest absolute Gasteiger partial charge is 0.330 e. The van der Waals surface area contributed by atoms with E-state index in [-0.39, 0.29) is 11.9 Å². The first-order valence-corrected chi connectivity index (χ1v) is 7.62. The highest BCUT2D eigenvalue weighted by molar-refractivity contribution is 6.30. The maximum Gasteiger partial charge on any atom is 0.123 e. The molecule has 0 saturated heterocycles. The second kappa shape index (κ2) is 6.46. The van der Waals surface area contributed by atoms with Crippen LogP contribution in [-0.4, -0.2) is 12.3 Å². The van der Waals surface area contributed by atoms with Crippen LogP contribution < -0.4 is 10.7 Å². The van der Waals surface area contributed by atoms with Crippen molar-refractivity contribution in [3.8, 4) is 0 Å². The van der Waals surface area contributed by atoms with Crippen LogP contribution in [0.5, 0.6) is 0 Å². The van der Waals surface area contributed by atoms with E-state index in [2.05, 4.69) is 5.10 Å². The smallest absolute Gasteiger partial charge is 0.123 e. The van der Waals surface area contributed by atoms with Crippen molar-refractivity contribution in [2.75, 3.05) is 11.6 Å². The Morgan fingerprint density at radius 2 is 2.00 bits per heavy atom. The summed E-state index contributed by atoms with van der Waals surface area (Å²) in [6, 6.07) is 14.2. The van der Waals surface area contributed by atoms with Gasteiger partial charge in [-0.3, -0.25) is 5.01 Å². The lowest BCUT2D eigenvalue weighted by Gasteiger charge is -2.24. The summed E-state index contributed by atoms with van der Waals surface area (Å²) in [4.78, 5) is 0. The Bertz CT molecular complexity index is 685.